The zero-order valence-electron chi connectivity index (χ0n) is 9.55. The Balaban J connectivity index is 1.97. The van der Waals surface area contributed by atoms with Gasteiger partial charge in [0.05, 0.1) is 12.2 Å². The smallest absolute Gasteiger partial charge is 0.307 e. The van der Waals surface area contributed by atoms with Gasteiger partial charge in [-0.25, -0.2) is 0 Å². The number of nitrogens with zero attached hydrogens (tertiary/aromatic N) is 1. The fourth-order valence-electron chi connectivity index (χ4n) is 1.53. The van der Waals surface area contributed by atoms with Crippen molar-refractivity contribution in [3.8, 4) is 5.75 Å². The van der Waals surface area contributed by atoms with Crippen molar-refractivity contribution < 1.29 is 4.74 Å². The molecule has 0 saturated carbocycles. The van der Waals surface area contributed by atoms with Crippen molar-refractivity contribution in [2.45, 2.75) is 13.5 Å². The monoisotopic (exact) mass is 250 g/mol. The molecule has 0 fully saturated rings. The van der Waals surface area contributed by atoms with Gasteiger partial charge in [-0.1, -0.05) is 23.5 Å². The van der Waals surface area contributed by atoms with Gasteiger partial charge in [-0.3, -0.25) is 9.36 Å². The number of nitrogen functional groups attached to an aromatic ring is 1. The van der Waals surface area contributed by atoms with Crippen LogP contribution in [-0.2, 0) is 6.54 Å². The summed E-state index contributed by atoms with van der Waals surface area (Å²) in [6.07, 6.45) is 0. The number of ether oxygens (including phenoxy) is 1. The van der Waals surface area contributed by atoms with E-state index in [1.165, 1.54) is 11.3 Å². The Morgan fingerprint density at radius 1 is 1.41 bits per heavy atom. The fraction of sp³-hybridized carbons (Fsp3) is 0.250. The number of anilines is 1. The number of aryl methyl sites for hydroxylation is 1. The third kappa shape index (κ3) is 2.68. The van der Waals surface area contributed by atoms with Crippen molar-refractivity contribution in [3.05, 3.63) is 45.0 Å². The topological polar surface area (TPSA) is 57.2 Å². The molecule has 0 unspecified atom stereocenters. The molecule has 1 heterocycles. The second kappa shape index (κ2) is 5.05. The van der Waals surface area contributed by atoms with Gasteiger partial charge in [0.2, 0.25) is 0 Å². The predicted molar refractivity (Wildman–Crippen MR) is 69.7 cm³/mol. The highest BCUT2D eigenvalue weighted by molar-refractivity contribution is 7.07. The molecule has 0 aliphatic rings. The maximum absolute atomic E-state index is 11.5. The highest BCUT2D eigenvalue weighted by atomic mass is 32.1. The Morgan fingerprint density at radius 3 is 2.82 bits per heavy atom. The second-order valence-corrected chi connectivity index (χ2v) is 4.50. The van der Waals surface area contributed by atoms with Gasteiger partial charge >= 0.3 is 4.87 Å². The zero-order valence-corrected chi connectivity index (χ0v) is 10.4. The maximum atomic E-state index is 11.5. The van der Waals surface area contributed by atoms with E-state index in [4.69, 9.17) is 10.5 Å². The Morgan fingerprint density at radius 2 is 2.18 bits per heavy atom. The second-order valence-electron chi connectivity index (χ2n) is 3.68. The van der Waals surface area contributed by atoms with E-state index >= 15 is 0 Å². The van der Waals surface area contributed by atoms with Gasteiger partial charge in [0.25, 0.3) is 0 Å². The van der Waals surface area contributed by atoms with E-state index in [1.807, 2.05) is 30.5 Å². The number of para-hydroxylation sites is 2. The number of aromatic nitrogens is 1. The molecule has 2 rings (SSSR count). The number of hydrogen-bond donors (Lipinski definition) is 1. The molecule has 1 aromatic carbocycles. The van der Waals surface area contributed by atoms with E-state index < -0.39 is 0 Å². The molecule has 0 saturated heterocycles. The zero-order chi connectivity index (χ0) is 12.3. The van der Waals surface area contributed by atoms with Crippen LogP contribution in [0, 0.1) is 6.92 Å². The summed E-state index contributed by atoms with van der Waals surface area (Å²) in [5.74, 6) is 0.661. The third-order valence-corrected chi connectivity index (χ3v) is 3.35. The summed E-state index contributed by atoms with van der Waals surface area (Å²) >= 11 is 1.21. The first-order chi connectivity index (χ1) is 8.18. The first kappa shape index (κ1) is 11.7. The summed E-state index contributed by atoms with van der Waals surface area (Å²) in [6.45, 7) is 2.89. The quantitative estimate of drug-likeness (QED) is 0.843. The van der Waals surface area contributed by atoms with Gasteiger partial charge in [0.1, 0.15) is 12.4 Å². The van der Waals surface area contributed by atoms with E-state index in [-0.39, 0.29) is 4.87 Å². The molecule has 17 heavy (non-hydrogen) atoms. The van der Waals surface area contributed by atoms with Crippen LogP contribution in [0.4, 0.5) is 5.69 Å². The first-order valence-electron chi connectivity index (χ1n) is 5.30. The normalized spacial score (nSPS) is 10.4. The number of benzene rings is 1. The number of rotatable bonds is 4. The maximum Gasteiger partial charge on any atom is 0.307 e. The summed E-state index contributed by atoms with van der Waals surface area (Å²) < 4.78 is 7.24. The Kier molecular flexibility index (Phi) is 3.49. The van der Waals surface area contributed by atoms with Crippen LogP contribution in [0.1, 0.15) is 5.69 Å². The average Bonchev–Trinajstić information content (AvgIpc) is 2.63. The Labute approximate surface area is 103 Å². The lowest BCUT2D eigenvalue weighted by Gasteiger charge is -2.09. The van der Waals surface area contributed by atoms with Gasteiger partial charge in [-0.05, 0) is 19.1 Å². The van der Waals surface area contributed by atoms with Crippen molar-refractivity contribution in [3.63, 3.8) is 0 Å². The number of thiazole rings is 1. The van der Waals surface area contributed by atoms with Crippen molar-refractivity contribution in [1.29, 1.82) is 0 Å². The third-order valence-electron chi connectivity index (χ3n) is 2.47. The van der Waals surface area contributed by atoms with E-state index in [0.717, 1.165) is 5.69 Å². The molecular weight excluding hydrogens is 236 g/mol. The van der Waals surface area contributed by atoms with Crippen LogP contribution in [0.2, 0.25) is 0 Å². The molecule has 2 aromatic rings. The SMILES string of the molecule is Cc1csc(=O)n1CCOc1ccccc1N. The minimum Gasteiger partial charge on any atom is -0.490 e. The molecule has 0 aliphatic carbocycles. The van der Waals surface area contributed by atoms with Gasteiger partial charge in [-0.2, -0.15) is 0 Å². The Bertz CT molecular complexity index is 560. The van der Waals surface area contributed by atoms with E-state index in [1.54, 1.807) is 10.6 Å². The fourth-order valence-corrected chi connectivity index (χ4v) is 2.29. The van der Waals surface area contributed by atoms with Crippen LogP contribution < -0.4 is 15.3 Å². The van der Waals surface area contributed by atoms with E-state index in [0.29, 0.717) is 24.6 Å². The molecule has 0 amide bonds. The largest absolute Gasteiger partial charge is 0.490 e. The minimum absolute atomic E-state index is 0.0483. The molecule has 0 aliphatic heterocycles. The van der Waals surface area contributed by atoms with Crippen molar-refractivity contribution in [1.82, 2.24) is 4.57 Å². The van der Waals surface area contributed by atoms with E-state index in [9.17, 15) is 4.79 Å². The van der Waals surface area contributed by atoms with Gasteiger partial charge < -0.3 is 10.5 Å². The minimum atomic E-state index is 0.0483. The lowest BCUT2D eigenvalue weighted by molar-refractivity contribution is 0.297. The van der Waals surface area contributed by atoms with Crippen LogP contribution in [0.5, 0.6) is 5.75 Å². The molecule has 4 nitrogen and oxygen atoms in total. The molecule has 5 heteroatoms. The molecule has 2 N–H and O–H groups in total. The molecule has 1 aromatic heterocycles. The molecule has 0 atom stereocenters. The summed E-state index contributed by atoms with van der Waals surface area (Å²) in [5.41, 5.74) is 7.32. The van der Waals surface area contributed by atoms with Crippen molar-refractivity contribution >= 4 is 17.0 Å². The summed E-state index contributed by atoms with van der Waals surface area (Å²) in [4.78, 5) is 11.5. The van der Waals surface area contributed by atoms with Crippen LogP contribution >= 0.6 is 11.3 Å². The van der Waals surface area contributed by atoms with E-state index in [2.05, 4.69) is 0 Å². The first-order valence-corrected chi connectivity index (χ1v) is 6.18. The Hall–Kier alpha value is -1.75. The van der Waals surface area contributed by atoms with Gasteiger partial charge in [0.15, 0.2) is 0 Å². The van der Waals surface area contributed by atoms with Crippen molar-refractivity contribution in [2.75, 3.05) is 12.3 Å². The van der Waals surface area contributed by atoms with Gasteiger partial charge in [-0.15, -0.1) is 0 Å². The van der Waals surface area contributed by atoms with Crippen LogP contribution in [0.3, 0.4) is 0 Å². The molecule has 0 bridgehead atoms. The highest BCUT2D eigenvalue weighted by Crippen LogP contribution is 2.19. The molecule has 0 radical (unpaired) electrons. The van der Waals surface area contributed by atoms with Crippen LogP contribution in [0.25, 0.3) is 0 Å². The lowest BCUT2D eigenvalue weighted by atomic mass is 10.3. The highest BCUT2D eigenvalue weighted by Gasteiger charge is 2.03. The van der Waals surface area contributed by atoms with Crippen LogP contribution in [-0.4, -0.2) is 11.2 Å². The van der Waals surface area contributed by atoms with Crippen LogP contribution in [0.15, 0.2) is 34.4 Å². The molecule has 90 valence electrons. The molecule has 0 spiro atoms. The number of hydrogen-bond acceptors (Lipinski definition) is 4. The predicted octanol–water partition coefficient (Wildman–Crippen LogP) is 1.88. The summed E-state index contributed by atoms with van der Waals surface area (Å²) in [7, 11) is 0. The van der Waals surface area contributed by atoms with Gasteiger partial charge in [0, 0.05) is 11.1 Å². The number of nitrogens with two attached hydrogens (primary N) is 1. The molecular formula is C12H14N2O2S. The lowest BCUT2D eigenvalue weighted by Crippen LogP contribution is -2.19. The summed E-state index contributed by atoms with van der Waals surface area (Å²) in [6, 6.07) is 7.33. The average molecular weight is 250 g/mol. The van der Waals surface area contributed by atoms with Crippen molar-refractivity contribution in [2.24, 2.45) is 0 Å². The standard InChI is InChI=1S/C12H14N2O2S/c1-9-8-17-12(15)14(9)6-7-16-11-5-3-2-4-10(11)13/h2-5,8H,6-7,13H2,1H3. The summed E-state index contributed by atoms with van der Waals surface area (Å²) in [5, 5.41) is 1.85.